The minimum absolute atomic E-state index is 0.0137. The summed E-state index contributed by atoms with van der Waals surface area (Å²) in [6.07, 6.45) is 6.31. The highest BCUT2D eigenvalue weighted by atomic mass is 16.2. The lowest BCUT2D eigenvalue weighted by molar-refractivity contribution is -0.117. The number of carbonyl (C=O) groups excluding carboxylic acids is 1. The van der Waals surface area contributed by atoms with E-state index in [2.05, 4.69) is 15.2 Å². The molecule has 3 heterocycles. The van der Waals surface area contributed by atoms with Gasteiger partial charge < -0.3 is 10.2 Å². The molecule has 4 heteroatoms. The van der Waals surface area contributed by atoms with Gasteiger partial charge in [0.15, 0.2) is 5.82 Å². The molecule has 0 spiro atoms. The monoisotopic (exact) mass is 231 g/mol. The second-order valence-corrected chi connectivity index (χ2v) is 4.93. The Bertz CT molecular complexity index is 458. The number of hydrogen-bond acceptors (Lipinski definition) is 3. The van der Waals surface area contributed by atoms with Crippen molar-refractivity contribution in [3.8, 4) is 0 Å². The first kappa shape index (κ1) is 10.6. The van der Waals surface area contributed by atoms with Crippen LogP contribution in [0.1, 0.15) is 31.2 Å². The number of amides is 1. The number of fused-ring (bicyclic) bond motifs is 3. The largest absolute Gasteiger partial charge is 0.343 e. The number of aromatic nitrogens is 1. The molecule has 1 atom stereocenters. The number of pyridine rings is 1. The van der Waals surface area contributed by atoms with Gasteiger partial charge in [-0.05, 0) is 31.4 Å². The summed E-state index contributed by atoms with van der Waals surface area (Å²) in [6.45, 7) is 2.94. The van der Waals surface area contributed by atoms with E-state index in [0.29, 0.717) is 0 Å². The lowest BCUT2D eigenvalue weighted by Crippen LogP contribution is -2.48. The Kier molecular flexibility index (Phi) is 2.50. The van der Waals surface area contributed by atoms with Crippen molar-refractivity contribution in [3.63, 3.8) is 0 Å². The summed E-state index contributed by atoms with van der Waals surface area (Å²) in [4.78, 5) is 18.7. The van der Waals surface area contributed by atoms with E-state index in [-0.39, 0.29) is 11.9 Å². The molecule has 3 rings (SSSR count). The van der Waals surface area contributed by atoms with Crippen LogP contribution in [0.3, 0.4) is 0 Å². The Hall–Kier alpha value is -1.58. The average Bonchev–Trinajstić information content (AvgIpc) is 2.54. The topological polar surface area (TPSA) is 45.2 Å². The van der Waals surface area contributed by atoms with E-state index in [0.717, 1.165) is 42.9 Å². The highest BCUT2D eigenvalue weighted by Crippen LogP contribution is 2.33. The van der Waals surface area contributed by atoms with Gasteiger partial charge in [-0.2, -0.15) is 0 Å². The van der Waals surface area contributed by atoms with Crippen LogP contribution in [0.2, 0.25) is 0 Å². The first-order valence-corrected chi connectivity index (χ1v) is 6.30. The van der Waals surface area contributed by atoms with Gasteiger partial charge in [-0.1, -0.05) is 12.8 Å². The van der Waals surface area contributed by atoms with Crippen LogP contribution in [0.5, 0.6) is 0 Å². The van der Waals surface area contributed by atoms with Gasteiger partial charge in [0, 0.05) is 12.7 Å². The quantitative estimate of drug-likeness (QED) is 0.743. The molecule has 4 nitrogen and oxygen atoms in total. The molecule has 0 aliphatic carbocycles. The normalized spacial score (nSPS) is 23.5. The van der Waals surface area contributed by atoms with Gasteiger partial charge >= 0.3 is 0 Å². The van der Waals surface area contributed by atoms with E-state index in [4.69, 9.17) is 0 Å². The summed E-state index contributed by atoms with van der Waals surface area (Å²) in [6, 6.07) is 1.99. The van der Waals surface area contributed by atoms with Gasteiger partial charge in [-0.15, -0.1) is 0 Å². The van der Waals surface area contributed by atoms with Gasteiger partial charge in [-0.3, -0.25) is 4.79 Å². The number of carbonyl (C=O) groups is 1. The molecule has 17 heavy (non-hydrogen) atoms. The molecule has 0 aromatic carbocycles. The zero-order chi connectivity index (χ0) is 11.8. The SMILES string of the molecule is Cc1cnc2c(c1)NC(=O)C1CCCCCN21. The Morgan fingerprint density at radius 3 is 3.18 bits per heavy atom. The Morgan fingerprint density at radius 2 is 2.29 bits per heavy atom. The average molecular weight is 231 g/mol. The third kappa shape index (κ3) is 1.77. The van der Waals surface area contributed by atoms with E-state index >= 15 is 0 Å². The fourth-order valence-corrected chi connectivity index (χ4v) is 2.73. The van der Waals surface area contributed by atoms with E-state index in [1.54, 1.807) is 0 Å². The van der Waals surface area contributed by atoms with Crippen molar-refractivity contribution in [1.29, 1.82) is 0 Å². The smallest absolute Gasteiger partial charge is 0.247 e. The molecule has 2 aliphatic heterocycles. The van der Waals surface area contributed by atoms with Crippen LogP contribution < -0.4 is 10.2 Å². The van der Waals surface area contributed by atoms with Crippen LogP contribution in [-0.2, 0) is 4.79 Å². The standard InChI is InChI=1S/C13H17N3O/c1-9-7-10-12(14-8-9)16-6-4-2-3-5-11(16)13(17)15-10/h7-8,11H,2-6H2,1H3,(H,15,17). The first-order valence-electron chi connectivity index (χ1n) is 6.30. The molecule has 1 aromatic heterocycles. The van der Waals surface area contributed by atoms with Gasteiger partial charge in [0.25, 0.3) is 0 Å². The summed E-state index contributed by atoms with van der Waals surface area (Å²) in [5.74, 6) is 1.08. The molecule has 0 saturated carbocycles. The summed E-state index contributed by atoms with van der Waals surface area (Å²) in [5.41, 5.74) is 1.95. The summed E-state index contributed by atoms with van der Waals surface area (Å²) < 4.78 is 0. The molecule has 0 radical (unpaired) electrons. The number of hydrogen-bond donors (Lipinski definition) is 1. The van der Waals surface area contributed by atoms with E-state index in [9.17, 15) is 4.79 Å². The molecule has 1 amide bonds. The predicted octanol–water partition coefficient (Wildman–Crippen LogP) is 2.09. The van der Waals surface area contributed by atoms with E-state index in [1.807, 2.05) is 19.2 Å². The zero-order valence-corrected chi connectivity index (χ0v) is 10.1. The summed E-state index contributed by atoms with van der Waals surface area (Å²) in [5, 5.41) is 2.98. The molecule has 2 aliphatic rings. The molecular weight excluding hydrogens is 214 g/mol. The molecule has 0 bridgehead atoms. The third-order valence-electron chi connectivity index (χ3n) is 3.59. The van der Waals surface area contributed by atoms with Gasteiger partial charge in [0.2, 0.25) is 5.91 Å². The van der Waals surface area contributed by atoms with Crippen LogP contribution in [0.25, 0.3) is 0 Å². The molecule has 1 aromatic rings. The van der Waals surface area contributed by atoms with Crippen LogP contribution in [-0.4, -0.2) is 23.5 Å². The van der Waals surface area contributed by atoms with Crippen molar-refractivity contribution in [2.75, 3.05) is 16.8 Å². The molecule has 90 valence electrons. The number of nitrogens with zero attached hydrogens (tertiary/aromatic N) is 2. The summed E-state index contributed by atoms with van der Waals surface area (Å²) >= 11 is 0. The number of rotatable bonds is 0. The maximum atomic E-state index is 12.1. The lowest BCUT2D eigenvalue weighted by atomic mass is 10.1. The second kappa shape index (κ2) is 4.02. The Balaban J connectivity index is 2.04. The second-order valence-electron chi connectivity index (χ2n) is 4.93. The molecule has 1 unspecified atom stereocenters. The van der Waals surface area contributed by atoms with Crippen molar-refractivity contribution < 1.29 is 4.79 Å². The molecule has 1 saturated heterocycles. The van der Waals surface area contributed by atoms with Crippen LogP contribution in [0.15, 0.2) is 12.3 Å². The van der Waals surface area contributed by atoms with Crippen molar-refractivity contribution in [1.82, 2.24) is 4.98 Å². The van der Waals surface area contributed by atoms with E-state index in [1.165, 1.54) is 6.42 Å². The van der Waals surface area contributed by atoms with Crippen molar-refractivity contribution >= 4 is 17.4 Å². The van der Waals surface area contributed by atoms with Crippen LogP contribution >= 0.6 is 0 Å². The van der Waals surface area contributed by atoms with Crippen molar-refractivity contribution in [3.05, 3.63) is 17.8 Å². The zero-order valence-electron chi connectivity index (χ0n) is 10.1. The van der Waals surface area contributed by atoms with E-state index < -0.39 is 0 Å². The minimum Gasteiger partial charge on any atom is -0.343 e. The van der Waals surface area contributed by atoms with Gasteiger partial charge in [-0.25, -0.2) is 4.98 Å². The van der Waals surface area contributed by atoms with Crippen LogP contribution in [0.4, 0.5) is 11.5 Å². The molecule has 1 fully saturated rings. The highest BCUT2D eigenvalue weighted by Gasteiger charge is 2.34. The third-order valence-corrected chi connectivity index (χ3v) is 3.59. The van der Waals surface area contributed by atoms with Crippen molar-refractivity contribution in [2.45, 2.75) is 38.6 Å². The predicted molar refractivity (Wildman–Crippen MR) is 67.2 cm³/mol. The maximum absolute atomic E-state index is 12.1. The summed E-state index contributed by atoms with van der Waals surface area (Å²) in [7, 11) is 0. The van der Waals surface area contributed by atoms with Crippen molar-refractivity contribution in [2.24, 2.45) is 0 Å². The Labute approximate surface area is 101 Å². The highest BCUT2D eigenvalue weighted by molar-refractivity contribution is 6.02. The Morgan fingerprint density at radius 1 is 1.41 bits per heavy atom. The fraction of sp³-hybridized carbons (Fsp3) is 0.538. The lowest BCUT2D eigenvalue weighted by Gasteiger charge is -2.35. The molecular formula is C13H17N3O. The number of nitrogens with one attached hydrogen (secondary N) is 1. The maximum Gasteiger partial charge on any atom is 0.247 e. The first-order chi connectivity index (χ1) is 8.25. The minimum atomic E-state index is -0.0137. The number of aryl methyl sites for hydroxylation is 1. The van der Waals surface area contributed by atoms with Gasteiger partial charge in [0.05, 0.1) is 5.69 Å². The van der Waals surface area contributed by atoms with Crippen LogP contribution in [0, 0.1) is 6.92 Å². The van der Waals surface area contributed by atoms with Gasteiger partial charge in [0.1, 0.15) is 6.04 Å². The fourth-order valence-electron chi connectivity index (χ4n) is 2.73. The molecule has 1 N–H and O–H groups in total. The number of anilines is 2.